The molecule has 276 valence electrons. The Hall–Kier alpha value is -2.28. The number of halogens is 1. The molecule has 11 heteroatoms. The first kappa shape index (κ1) is 40.5. The van der Waals surface area contributed by atoms with Crippen LogP contribution in [0, 0.1) is 10.8 Å². The predicted octanol–water partition coefficient (Wildman–Crippen LogP) is 4.61. The Morgan fingerprint density at radius 2 is 1.06 bits per heavy atom. The second-order valence-corrected chi connectivity index (χ2v) is 17.0. The summed E-state index contributed by atoms with van der Waals surface area (Å²) in [5, 5.41) is 10.1. The van der Waals surface area contributed by atoms with E-state index in [0.29, 0.717) is 11.9 Å². The number of carbonyl (C=O) groups excluding carboxylic acids is 2. The Labute approximate surface area is 311 Å². The number of nitrogens with zero attached hydrogens (tertiary/aromatic N) is 6. The van der Waals surface area contributed by atoms with Crippen molar-refractivity contribution < 1.29 is 14.6 Å². The highest BCUT2D eigenvalue weighted by atomic mass is 79.9. The van der Waals surface area contributed by atoms with E-state index in [9.17, 15) is 14.6 Å². The Morgan fingerprint density at radius 3 is 1.44 bits per heavy atom. The molecule has 1 N–H and O–H groups in total. The van der Waals surface area contributed by atoms with E-state index in [1.54, 1.807) is 0 Å². The van der Waals surface area contributed by atoms with E-state index in [-0.39, 0.29) is 34.7 Å². The Balaban J connectivity index is 0.000000237. The number of carbonyl (C=O) groups is 2. The van der Waals surface area contributed by atoms with Crippen LogP contribution < -0.4 is 0 Å². The minimum Gasteiger partial charge on any atom is -0.437 e. The summed E-state index contributed by atoms with van der Waals surface area (Å²) in [6.45, 7) is 26.2. The lowest BCUT2D eigenvalue weighted by Crippen LogP contribution is -2.61. The Morgan fingerprint density at radius 1 is 0.660 bits per heavy atom. The van der Waals surface area contributed by atoms with Gasteiger partial charge in [0.15, 0.2) is 0 Å². The maximum absolute atomic E-state index is 13.2. The first-order valence-corrected chi connectivity index (χ1v) is 19.6. The van der Waals surface area contributed by atoms with E-state index in [1.807, 2.05) is 12.9 Å². The molecule has 3 aliphatic rings. The van der Waals surface area contributed by atoms with Gasteiger partial charge in [-0.3, -0.25) is 24.3 Å². The lowest BCUT2D eigenvalue weighted by molar-refractivity contribution is -0.141. The molecule has 0 bridgehead atoms. The van der Waals surface area contributed by atoms with Crippen LogP contribution in [0.3, 0.4) is 0 Å². The van der Waals surface area contributed by atoms with Crippen molar-refractivity contribution in [1.29, 1.82) is 0 Å². The summed E-state index contributed by atoms with van der Waals surface area (Å²) in [5.74, 6) is 0.448. The molecule has 50 heavy (non-hydrogen) atoms. The number of rotatable bonds is 8. The average Bonchev–Trinajstić information content (AvgIpc) is 3.08. The zero-order valence-corrected chi connectivity index (χ0v) is 33.3. The first-order chi connectivity index (χ1) is 23.7. The molecule has 0 aromatic heterocycles. The molecule has 2 atom stereocenters. The van der Waals surface area contributed by atoms with Crippen molar-refractivity contribution in [2.24, 2.45) is 10.8 Å². The van der Waals surface area contributed by atoms with Gasteiger partial charge in [-0.2, -0.15) is 0 Å². The smallest absolute Gasteiger partial charge is 0.376 e. The monoisotopic (exact) mass is 752 g/mol. The molecule has 0 radical (unpaired) electrons. The summed E-state index contributed by atoms with van der Waals surface area (Å²) in [6.07, 6.45) is 0. The van der Waals surface area contributed by atoms with E-state index in [2.05, 4.69) is 141 Å². The van der Waals surface area contributed by atoms with Gasteiger partial charge >= 0.3 is 7.05 Å². The molecule has 0 unspecified atom stereocenters. The van der Waals surface area contributed by atoms with Crippen LogP contribution in [-0.2, 0) is 22.7 Å². The fourth-order valence-corrected chi connectivity index (χ4v) is 7.71. The maximum atomic E-state index is 13.2. The minimum absolute atomic E-state index is 0.0377. The van der Waals surface area contributed by atoms with Gasteiger partial charge in [0.1, 0.15) is 0 Å². The van der Waals surface area contributed by atoms with Crippen molar-refractivity contribution in [3.63, 3.8) is 0 Å². The van der Waals surface area contributed by atoms with Gasteiger partial charge in [0.05, 0.1) is 11.9 Å². The van der Waals surface area contributed by atoms with Crippen LogP contribution in [-0.4, -0.2) is 143 Å². The molecule has 0 aliphatic carbocycles. The highest BCUT2D eigenvalue weighted by Gasteiger charge is 2.39. The molecule has 3 saturated heterocycles. The number of piperazine rings is 3. The van der Waals surface area contributed by atoms with Gasteiger partial charge in [0.25, 0.3) is 0 Å². The van der Waals surface area contributed by atoms with E-state index >= 15 is 0 Å². The Bertz CT molecular complexity index is 1330. The third kappa shape index (κ3) is 11.9. The zero-order chi connectivity index (χ0) is 36.5. The molecule has 0 saturated carbocycles. The van der Waals surface area contributed by atoms with Crippen molar-refractivity contribution in [3.05, 3.63) is 71.8 Å². The molecule has 3 fully saturated rings. The van der Waals surface area contributed by atoms with E-state index in [1.165, 1.54) is 11.1 Å². The third-order valence-corrected chi connectivity index (χ3v) is 11.0. The fourth-order valence-electron chi connectivity index (χ4n) is 7.38. The SMILES string of the molecule is CB(O)N1CCN(CC(=O)N2CCN(Cc3ccccc3)C[C@@H]2C(C)(C)C)CC1.CC(C)(C)[C@H]1CN(Cc2ccccc2)CCN1C(=O)CBr. The minimum atomic E-state index is -0.407. The number of hydrogen-bond donors (Lipinski definition) is 1. The lowest BCUT2D eigenvalue weighted by atomic mass is 9.83. The summed E-state index contributed by atoms with van der Waals surface area (Å²) in [7, 11) is -0.407. The number of amides is 2. The molecule has 9 nitrogen and oxygen atoms in total. The first-order valence-electron chi connectivity index (χ1n) is 18.5. The normalized spacial score (nSPS) is 21.8. The van der Waals surface area contributed by atoms with Crippen molar-refractivity contribution in [3.8, 4) is 0 Å². The standard InChI is InChI=1S/C22H37BN4O2.C17H25BrN2O/c1-22(2,3)20-17-25(16-19-8-6-5-7-9-19)12-15-27(20)21(28)18-24-10-13-26(14-11-24)23(4)29;1-17(2,3)15-13-19(9-10-20(15)16(21)11-18)12-14-7-5-4-6-8-14/h5-9,20,29H,10-18H2,1-4H3;4-8,15H,9-13H2,1-3H3/t20-;15-/m11/s1. The van der Waals surface area contributed by atoms with Crippen molar-refractivity contribution in [2.75, 3.05) is 77.3 Å². The van der Waals surface area contributed by atoms with Gasteiger partial charge < -0.3 is 19.6 Å². The number of alkyl halides is 1. The largest absolute Gasteiger partial charge is 0.437 e. The molecule has 2 aromatic carbocycles. The van der Waals surface area contributed by atoms with E-state index < -0.39 is 7.05 Å². The topological polar surface area (TPSA) is 73.8 Å². The molecule has 3 heterocycles. The van der Waals surface area contributed by atoms with Crippen molar-refractivity contribution in [1.82, 2.24) is 29.3 Å². The van der Waals surface area contributed by atoms with Crippen LogP contribution in [0.25, 0.3) is 0 Å². The summed E-state index contributed by atoms with van der Waals surface area (Å²) < 4.78 is 0. The molecule has 2 aromatic rings. The molecule has 5 rings (SSSR count). The van der Waals surface area contributed by atoms with Crippen molar-refractivity contribution in [2.45, 2.75) is 73.5 Å². The summed E-state index contributed by atoms with van der Waals surface area (Å²) in [4.78, 5) is 38.8. The summed E-state index contributed by atoms with van der Waals surface area (Å²) in [6, 6.07) is 21.6. The summed E-state index contributed by atoms with van der Waals surface area (Å²) in [5.41, 5.74) is 2.80. The van der Waals surface area contributed by atoms with Gasteiger partial charge in [-0.1, -0.05) is 118 Å². The predicted molar refractivity (Wildman–Crippen MR) is 209 cm³/mol. The van der Waals surface area contributed by atoms with Crippen LogP contribution in [0.5, 0.6) is 0 Å². The second-order valence-electron chi connectivity index (χ2n) is 16.5. The van der Waals surface area contributed by atoms with Gasteiger partial charge in [0, 0.05) is 90.6 Å². The quantitative estimate of drug-likeness (QED) is 0.312. The third-order valence-electron chi connectivity index (χ3n) is 10.5. The average molecular weight is 754 g/mol. The van der Waals surface area contributed by atoms with E-state index in [0.717, 1.165) is 78.5 Å². The maximum Gasteiger partial charge on any atom is 0.376 e. The molecule has 3 aliphatic heterocycles. The Kier molecular flexibility index (Phi) is 15.0. The highest BCUT2D eigenvalue weighted by Crippen LogP contribution is 2.30. The van der Waals surface area contributed by atoms with Gasteiger partial charge in [-0.25, -0.2) is 0 Å². The van der Waals surface area contributed by atoms with Gasteiger partial charge in [-0.05, 0) is 28.8 Å². The van der Waals surface area contributed by atoms with E-state index in [4.69, 9.17) is 0 Å². The highest BCUT2D eigenvalue weighted by molar-refractivity contribution is 9.09. The lowest BCUT2D eigenvalue weighted by Gasteiger charge is -2.48. The van der Waals surface area contributed by atoms with Crippen LogP contribution >= 0.6 is 15.9 Å². The van der Waals surface area contributed by atoms with Crippen LogP contribution in [0.1, 0.15) is 52.7 Å². The molecule has 2 amide bonds. The zero-order valence-electron chi connectivity index (χ0n) is 31.7. The molecular weight excluding hydrogens is 691 g/mol. The summed E-state index contributed by atoms with van der Waals surface area (Å²) >= 11 is 3.31. The van der Waals surface area contributed by atoms with Crippen LogP contribution in [0.4, 0.5) is 0 Å². The molecule has 0 spiro atoms. The molecular formula is C39H62BBrN6O3. The van der Waals surface area contributed by atoms with Crippen LogP contribution in [0.2, 0.25) is 6.82 Å². The number of benzene rings is 2. The van der Waals surface area contributed by atoms with Gasteiger partial charge in [0.2, 0.25) is 11.8 Å². The number of hydrogen-bond acceptors (Lipinski definition) is 7. The fraction of sp³-hybridized carbons (Fsp3) is 0.641. The second kappa shape index (κ2) is 18.5. The van der Waals surface area contributed by atoms with Crippen LogP contribution in [0.15, 0.2) is 60.7 Å². The van der Waals surface area contributed by atoms with Crippen molar-refractivity contribution >= 4 is 34.8 Å². The van der Waals surface area contributed by atoms with Gasteiger partial charge in [-0.15, -0.1) is 0 Å².